The van der Waals surface area contributed by atoms with Crippen LogP contribution in [0.4, 0.5) is 0 Å². The summed E-state index contributed by atoms with van der Waals surface area (Å²) in [5, 5.41) is 13.9. The van der Waals surface area contributed by atoms with Crippen LogP contribution >= 0.6 is 0 Å². The lowest BCUT2D eigenvalue weighted by molar-refractivity contribution is 0.0273. The van der Waals surface area contributed by atoms with Crippen molar-refractivity contribution in [1.29, 1.82) is 0 Å². The highest BCUT2D eigenvalue weighted by molar-refractivity contribution is 5.00. The lowest BCUT2D eigenvalue weighted by Crippen LogP contribution is -2.19. The molecular weight excluding hydrogens is 256 g/mol. The summed E-state index contributed by atoms with van der Waals surface area (Å²) in [5.41, 5.74) is 0. The second-order valence-corrected chi connectivity index (χ2v) is 5.80. The Bertz CT molecular complexity index is 400. The van der Waals surface area contributed by atoms with E-state index in [2.05, 4.69) is 10.1 Å². The van der Waals surface area contributed by atoms with Crippen molar-refractivity contribution in [2.75, 3.05) is 7.11 Å². The molecule has 1 N–H and O–H groups in total. The van der Waals surface area contributed by atoms with Crippen LogP contribution < -0.4 is 0 Å². The standard InChI is InChI=1S/C15H26N2O3/c1-4-12(10(2)18)15-16-14(17-20-15)13(19-3)11-8-6-5-7-9-11/h10-13,18H,4-9H2,1-3H3. The largest absolute Gasteiger partial charge is 0.393 e. The SMILES string of the molecule is CCC(c1nc(C(OC)C2CCCCC2)no1)C(C)O. The average Bonchev–Trinajstić information content (AvgIpc) is 2.90. The lowest BCUT2D eigenvalue weighted by atomic mass is 9.85. The molecule has 0 spiro atoms. The fourth-order valence-corrected chi connectivity index (χ4v) is 3.18. The van der Waals surface area contributed by atoms with Crippen molar-refractivity contribution in [3.63, 3.8) is 0 Å². The lowest BCUT2D eigenvalue weighted by Gasteiger charge is -2.26. The molecule has 1 heterocycles. The van der Waals surface area contributed by atoms with Gasteiger partial charge < -0.3 is 14.4 Å². The second-order valence-electron chi connectivity index (χ2n) is 5.80. The molecule has 5 heteroatoms. The Morgan fingerprint density at radius 3 is 2.60 bits per heavy atom. The Morgan fingerprint density at radius 2 is 2.05 bits per heavy atom. The zero-order chi connectivity index (χ0) is 14.5. The predicted octanol–water partition coefficient (Wildman–Crippen LogP) is 3.21. The summed E-state index contributed by atoms with van der Waals surface area (Å²) < 4.78 is 11.0. The normalized spacial score (nSPS) is 21.6. The number of rotatable bonds is 6. The maximum Gasteiger partial charge on any atom is 0.232 e. The number of hydrogen-bond donors (Lipinski definition) is 1. The summed E-state index contributed by atoms with van der Waals surface area (Å²) in [6, 6.07) is 0. The van der Waals surface area contributed by atoms with E-state index in [1.165, 1.54) is 19.3 Å². The molecular formula is C15H26N2O3. The highest BCUT2D eigenvalue weighted by Gasteiger charge is 2.30. The van der Waals surface area contributed by atoms with Crippen molar-refractivity contribution in [3.05, 3.63) is 11.7 Å². The van der Waals surface area contributed by atoms with Crippen molar-refractivity contribution in [3.8, 4) is 0 Å². The topological polar surface area (TPSA) is 68.4 Å². The molecule has 1 aromatic heterocycles. The molecule has 2 rings (SSSR count). The molecule has 1 aromatic rings. The van der Waals surface area contributed by atoms with Crippen LogP contribution in [-0.4, -0.2) is 28.5 Å². The van der Waals surface area contributed by atoms with Gasteiger partial charge in [0, 0.05) is 7.11 Å². The third kappa shape index (κ3) is 3.38. The third-order valence-electron chi connectivity index (χ3n) is 4.38. The Balaban J connectivity index is 2.12. The molecule has 1 saturated carbocycles. The van der Waals surface area contributed by atoms with Gasteiger partial charge in [-0.1, -0.05) is 31.3 Å². The van der Waals surface area contributed by atoms with Gasteiger partial charge >= 0.3 is 0 Å². The Morgan fingerprint density at radius 1 is 1.35 bits per heavy atom. The van der Waals surface area contributed by atoms with Crippen molar-refractivity contribution < 1.29 is 14.4 Å². The number of methoxy groups -OCH3 is 1. The van der Waals surface area contributed by atoms with Crippen LogP contribution in [0.2, 0.25) is 0 Å². The maximum atomic E-state index is 9.76. The summed E-state index contributed by atoms with van der Waals surface area (Å²) in [6.07, 6.45) is 6.35. The number of hydrogen-bond acceptors (Lipinski definition) is 5. The first-order valence-corrected chi connectivity index (χ1v) is 7.71. The minimum atomic E-state index is -0.482. The number of nitrogens with zero attached hydrogens (tertiary/aromatic N) is 2. The molecule has 1 fully saturated rings. The Kier molecular flexibility index (Phi) is 5.54. The summed E-state index contributed by atoms with van der Waals surface area (Å²) in [6.45, 7) is 3.77. The van der Waals surface area contributed by atoms with Gasteiger partial charge in [0.1, 0.15) is 6.10 Å². The van der Waals surface area contributed by atoms with Crippen LogP contribution in [0.1, 0.15) is 76.1 Å². The molecule has 0 radical (unpaired) electrons. The van der Waals surface area contributed by atoms with Crippen molar-refractivity contribution >= 4 is 0 Å². The van der Waals surface area contributed by atoms with Gasteiger partial charge in [-0.15, -0.1) is 0 Å². The van der Waals surface area contributed by atoms with Gasteiger partial charge in [-0.2, -0.15) is 4.98 Å². The summed E-state index contributed by atoms with van der Waals surface area (Å²) in [5.74, 6) is 1.54. The zero-order valence-electron chi connectivity index (χ0n) is 12.7. The minimum absolute atomic E-state index is 0.0840. The van der Waals surface area contributed by atoms with E-state index >= 15 is 0 Å². The number of ether oxygens (including phenoxy) is 1. The van der Waals surface area contributed by atoms with Gasteiger partial charge in [0.05, 0.1) is 12.0 Å². The Labute approximate surface area is 120 Å². The van der Waals surface area contributed by atoms with Gasteiger partial charge in [0.25, 0.3) is 0 Å². The third-order valence-corrected chi connectivity index (χ3v) is 4.38. The molecule has 0 saturated heterocycles. The van der Waals surface area contributed by atoms with Gasteiger partial charge in [-0.05, 0) is 32.1 Å². The van der Waals surface area contributed by atoms with Crippen molar-refractivity contribution in [1.82, 2.24) is 10.1 Å². The van der Waals surface area contributed by atoms with Crippen LogP contribution in [0.5, 0.6) is 0 Å². The highest BCUT2D eigenvalue weighted by atomic mass is 16.5. The second kappa shape index (κ2) is 7.18. The first-order chi connectivity index (χ1) is 9.67. The molecule has 20 heavy (non-hydrogen) atoms. The van der Waals surface area contributed by atoms with Crippen LogP contribution in [0, 0.1) is 5.92 Å². The molecule has 0 amide bonds. The molecule has 3 atom stereocenters. The van der Waals surface area contributed by atoms with Crippen LogP contribution in [0.25, 0.3) is 0 Å². The fraction of sp³-hybridized carbons (Fsp3) is 0.867. The number of aliphatic hydroxyl groups excluding tert-OH is 1. The monoisotopic (exact) mass is 282 g/mol. The van der Waals surface area contributed by atoms with E-state index in [0.717, 1.165) is 19.3 Å². The van der Waals surface area contributed by atoms with E-state index in [9.17, 15) is 5.11 Å². The van der Waals surface area contributed by atoms with Crippen molar-refractivity contribution in [2.24, 2.45) is 5.92 Å². The predicted molar refractivity (Wildman–Crippen MR) is 75.3 cm³/mol. The van der Waals surface area contributed by atoms with Crippen LogP contribution in [-0.2, 0) is 4.74 Å². The Hall–Kier alpha value is -0.940. The van der Waals surface area contributed by atoms with E-state index in [-0.39, 0.29) is 12.0 Å². The molecule has 0 bridgehead atoms. The summed E-state index contributed by atoms with van der Waals surface area (Å²) in [7, 11) is 1.71. The van der Waals surface area contributed by atoms with Gasteiger partial charge in [-0.25, -0.2) is 0 Å². The summed E-state index contributed by atoms with van der Waals surface area (Å²) >= 11 is 0. The molecule has 0 aromatic carbocycles. The van der Waals surface area contributed by atoms with Crippen LogP contribution in [0.15, 0.2) is 4.52 Å². The molecule has 5 nitrogen and oxygen atoms in total. The molecule has 3 unspecified atom stereocenters. The van der Waals surface area contributed by atoms with Gasteiger partial charge in [0.2, 0.25) is 11.7 Å². The highest BCUT2D eigenvalue weighted by Crippen LogP contribution is 2.36. The minimum Gasteiger partial charge on any atom is -0.393 e. The van der Waals surface area contributed by atoms with E-state index in [1.54, 1.807) is 14.0 Å². The van der Waals surface area contributed by atoms with Gasteiger partial charge in [0.15, 0.2) is 0 Å². The van der Waals surface area contributed by atoms with E-state index in [0.29, 0.717) is 17.6 Å². The van der Waals surface area contributed by atoms with E-state index in [1.807, 2.05) is 6.92 Å². The first-order valence-electron chi connectivity index (χ1n) is 7.71. The van der Waals surface area contributed by atoms with E-state index in [4.69, 9.17) is 9.26 Å². The average molecular weight is 282 g/mol. The summed E-state index contributed by atoms with van der Waals surface area (Å²) in [4.78, 5) is 4.49. The van der Waals surface area contributed by atoms with E-state index < -0.39 is 6.10 Å². The number of aromatic nitrogens is 2. The first kappa shape index (κ1) is 15.4. The van der Waals surface area contributed by atoms with Gasteiger partial charge in [-0.3, -0.25) is 0 Å². The van der Waals surface area contributed by atoms with Crippen LogP contribution in [0.3, 0.4) is 0 Å². The molecule has 114 valence electrons. The quantitative estimate of drug-likeness (QED) is 0.867. The number of aliphatic hydroxyl groups is 1. The molecule has 1 aliphatic carbocycles. The fourth-order valence-electron chi connectivity index (χ4n) is 3.18. The van der Waals surface area contributed by atoms with Crippen molar-refractivity contribution in [2.45, 2.75) is 70.5 Å². The molecule has 1 aliphatic rings. The smallest absolute Gasteiger partial charge is 0.232 e. The zero-order valence-corrected chi connectivity index (χ0v) is 12.7. The molecule has 0 aliphatic heterocycles. The maximum absolute atomic E-state index is 9.76.